The normalized spacial score (nSPS) is 16.7. The number of anilines is 1. The highest BCUT2D eigenvalue weighted by molar-refractivity contribution is 7.17. The van der Waals surface area contributed by atoms with E-state index in [4.69, 9.17) is 4.74 Å². The van der Waals surface area contributed by atoms with Crippen LogP contribution in [0.3, 0.4) is 0 Å². The summed E-state index contributed by atoms with van der Waals surface area (Å²) in [4.78, 5) is 42.8. The molecule has 1 saturated heterocycles. The lowest BCUT2D eigenvalue weighted by Crippen LogP contribution is -2.40. The number of benzene rings is 2. The predicted octanol–water partition coefficient (Wildman–Crippen LogP) is 4.50. The number of ether oxygens (including phenoxy) is 1. The molecule has 2 aliphatic rings. The van der Waals surface area contributed by atoms with Gasteiger partial charge in [-0.15, -0.1) is 0 Å². The van der Waals surface area contributed by atoms with E-state index in [1.54, 1.807) is 6.92 Å². The van der Waals surface area contributed by atoms with Crippen LogP contribution >= 0.6 is 11.3 Å². The third-order valence-electron chi connectivity index (χ3n) is 6.34. The highest BCUT2D eigenvalue weighted by atomic mass is 32.1. The summed E-state index contributed by atoms with van der Waals surface area (Å²) in [5.41, 5.74) is 4.97. The second kappa shape index (κ2) is 8.90. The number of carboxylic acids is 1. The van der Waals surface area contributed by atoms with Crippen molar-refractivity contribution in [3.8, 4) is 11.1 Å². The third-order valence-corrected chi connectivity index (χ3v) is 7.40. The summed E-state index contributed by atoms with van der Waals surface area (Å²) in [6, 6.07) is 15.4. The number of aryl methyl sites for hydroxylation is 1. The summed E-state index contributed by atoms with van der Waals surface area (Å²) in [5, 5.41) is 12.2. The fraction of sp³-hybridized carbons (Fsp3) is 0.280. The van der Waals surface area contributed by atoms with E-state index in [1.165, 1.54) is 4.90 Å². The van der Waals surface area contributed by atoms with Gasteiger partial charge >= 0.3 is 12.1 Å². The van der Waals surface area contributed by atoms with Gasteiger partial charge in [-0.2, -0.15) is 0 Å². The summed E-state index contributed by atoms with van der Waals surface area (Å²) >= 11 is 1.02. The summed E-state index contributed by atoms with van der Waals surface area (Å²) in [5.74, 6) is -1.44. The molecule has 0 radical (unpaired) electrons. The largest absolute Gasteiger partial charge is 0.480 e. The van der Waals surface area contributed by atoms with Crippen molar-refractivity contribution in [2.45, 2.75) is 31.7 Å². The molecule has 2 heterocycles. The Morgan fingerprint density at radius 3 is 2.41 bits per heavy atom. The number of carboxylic acid groups (broad SMARTS) is 1. The lowest BCUT2D eigenvalue weighted by atomic mass is 9.98. The molecule has 2 aromatic carbocycles. The summed E-state index contributed by atoms with van der Waals surface area (Å²) in [6.45, 7) is 2.23. The first-order valence-corrected chi connectivity index (χ1v) is 11.9. The number of hydrogen-bond acceptors (Lipinski definition) is 6. The number of carbonyl (C=O) groups excluding carboxylic acids is 2. The van der Waals surface area contributed by atoms with Crippen molar-refractivity contribution >= 4 is 34.4 Å². The molecular formula is C25H23N3O5S. The standard InChI is InChI=1S/C25H23N3O5S/c1-14-21(22(29)28-12-6-11-20(28)23(30)31)34-24(26-14)27-25(32)33-13-19-17-9-4-2-7-15(17)16-8-3-5-10-18(16)19/h2-5,7-10,19-20H,6,11-13H2,1H3,(H,30,31)(H,26,27,32). The molecule has 1 fully saturated rings. The van der Waals surface area contributed by atoms with Gasteiger partial charge in [0.05, 0.1) is 5.69 Å². The fourth-order valence-electron chi connectivity index (χ4n) is 4.77. The van der Waals surface area contributed by atoms with Gasteiger partial charge in [0.25, 0.3) is 5.91 Å². The maximum atomic E-state index is 12.9. The zero-order chi connectivity index (χ0) is 23.8. The maximum Gasteiger partial charge on any atom is 0.413 e. The molecule has 1 atom stereocenters. The zero-order valence-corrected chi connectivity index (χ0v) is 19.3. The van der Waals surface area contributed by atoms with Crippen LogP contribution in [0.1, 0.15) is 45.3 Å². The monoisotopic (exact) mass is 477 g/mol. The van der Waals surface area contributed by atoms with E-state index in [-0.39, 0.29) is 23.6 Å². The number of likely N-dealkylation sites (tertiary alicyclic amines) is 1. The summed E-state index contributed by atoms with van der Waals surface area (Å²) in [6.07, 6.45) is 0.425. The van der Waals surface area contributed by atoms with Gasteiger partial charge in [0, 0.05) is 12.5 Å². The molecule has 3 aromatic rings. The highest BCUT2D eigenvalue weighted by Gasteiger charge is 2.36. The van der Waals surface area contributed by atoms with Crippen LogP contribution in [0.2, 0.25) is 0 Å². The SMILES string of the molecule is Cc1nc(NC(=O)OCC2c3ccccc3-c3ccccc32)sc1C(=O)N1CCCC1C(=O)O. The molecule has 0 spiro atoms. The Labute approximate surface area is 200 Å². The van der Waals surface area contributed by atoms with E-state index in [1.807, 2.05) is 36.4 Å². The Bertz CT molecular complexity index is 1240. The van der Waals surface area contributed by atoms with Gasteiger partial charge in [-0.3, -0.25) is 10.1 Å². The minimum Gasteiger partial charge on any atom is -0.480 e. The van der Waals surface area contributed by atoms with Gasteiger partial charge in [-0.1, -0.05) is 59.9 Å². The number of nitrogens with zero attached hydrogens (tertiary/aromatic N) is 2. The molecule has 34 heavy (non-hydrogen) atoms. The second-order valence-corrected chi connectivity index (χ2v) is 9.38. The van der Waals surface area contributed by atoms with Gasteiger partial charge < -0.3 is 14.7 Å². The van der Waals surface area contributed by atoms with Crippen molar-refractivity contribution < 1.29 is 24.2 Å². The van der Waals surface area contributed by atoms with Crippen LogP contribution in [0.15, 0.2) is 48.5 Å². The van der Waals surface area contributed by atoms with Crippen LogP contribution in [0.25, 0.3) is 11.1 Å². The van der Waals surface area contributed by atoms with Crippen molar-refractivity contribution in [3.63, 3.8) is 0 Å². The van der Waals surface area contributed by atoms with E-state index < -0.39 is 18.1 Å². The molecule has 1 unspecified atom stereocenters. The van der Waals surface area contributed by atoms with E-state index in [9.17, 15) is 19.5 Å². The van der Waals surface area contributed by atoms with Gasteiger partial charge in [-0.05, 0) is 42.0 Å². The maximum absolute atomic E-state index is 12.9. The number of carbonyl (C=O) groups is 3. The lowest BCUT2D eigenvalue weighted by Gasteiger charge is -2.20. The van der Waals surface area contributed by atoms with Gasteiger partial charge in [0.15, 0.2) is 5.13 Å². The van der Waals surface area contributed by atoms with Crippen molar-refractivity contribution in [1.82, 2.24) is 9.88 Å². The number of amides is 2. The van der Waals surface area contributed by atoms with Crippen LogP contribution in [0.5, 0.6) is 0 Å². The first kappa shape index (κ1) is 22.1. The van der Waals surface area contributed by atoms with Gasteiger partial charge in [0.2, 0.25) is 0 Å². The van der Waals surface area contributed by atoms with Crippen LogP contribution in [0, 0.1) is 6.92 Å². The second-order valence-electron chi connectivity index (χ2n) is 8.38. The molecule has 0 bridgehead atoms. The fourth-order valence-corrected chi connectivity index (χ4v) is 5.68. The number of aliphatic carboxylic acids is 1. The minimum absolute atomic E-state index is 0.0589. The molecule has 0 saturated carbocycles. The average Bonchev–Trinajstić information content (AvgIpc) is 3.53. The summed E-state index contributed by atoms with van der Waals surface area (Å²) in [7, 11) is 0. The molecule has 174 valence electrons. The Morgan fingerprint density at radius 2 is 1.76 bits per heavy atom. The molecule has 2 N–H and O–H groups in total. The quantitative estimate of drug-likeness (QED) is 0.560. The molecule has 1 aliphatic heterocycles. The first-order chi connectivity index (χ1) is 16.4. The Kier molecular flexibility index (Phi) is 5.79. The van der Waals surface area contributed by atoms with Crippen molar-refractivity contribution in [1.29, 1.82) is 0 Å². The Balaban J connectivity index is 1.26. The minimum atomic E-state index is -1.01. The van der Waals surface area contributed by atoms with Gasteiger partial charge in [-0.25, -0.2) is 14.6 Å². The number of fused-ring (bicyclic) bond motifs is 3. The number of aromatic nitrogens is 1. The van der Waals surface area contributed by atoms with E-state index in [0.717, 1.165) is 33.6 Å². The van der Waals surface area contributed by atoms with Crippen molar-refractivity contribution in [3.05, 3.63) is 70.2 Å². The molecule has 1 aliphatic carbocycles. The van der Waals surface area contributed by atoms with Crippen LogP contribution in [0.4, 0.5) is 9.93 Å². The van der Waals surface area contributed by atoms with Crippen LogP contribution < -0.4 is 5.32 Å². The van der Waals surface area contributed by atoms with E-state index in [0.29, 0.717) is 30.0 Å². The molecule has 5 rings (SSSR count). The lowest BCUT2D eigenvalue weighted by molar-refractivity contribution is -0.141. The van der Waals surface area contributed by atoms with Crippen molar-refractivity contribution in [2.24, 2.45) is 0 Å². The smallest absolute Gasteiger partial charge is 0.413 e. The third kappa shape index (κ3) is 3.92. The summed E-state index contributed by atoms with van der Waals surface area (Å²) < 4.78 is 5.55. The van der Waals surface area contributed by atoms with E-state index in [2.05, 4.69) is 22.4 Å². The molecule has 2 amide bonds. The average molecular weight is 478 g/mol. The Hall–Kier alpha value is -3.72. The topological polar surface area (TPSA) is 109 Å². The number of nitrogens with one attached hydrogen (secondary N) is 1. The molecule has 9 heteroatoms. The van der Waals surface area contributed by atoms with E-state index >= 15 is 0 Å². The molecule has 8 nitrogen and oxygen atoms in total. The number of thiazole rings is 1. The predicted molar refractivity (Wildman–Crippen MR) is 127 cm³/mol. The van der Waals surface area contributed by atoms with Gasteiger partial charge in [0.1, 0.15) is 17.5 Å². The highest BCUT2D eigenvalue weighted by Crippen LogP contribution is 2.44. The zero-order valence-electron chi connectivity index (χ0n) is 18.5. The Morgan fingerprint density at radius 1 is 1.12 bits per heavy atom. The molecular weight excluding hydrogens is 454 g/mol. The van der Waals surface area contributed by atoms with Crippen LogP contribution in [-0.4, -0.2) is 52.2 Å². The molecule has 1 aromatic heterocycles. The van der Waals surface area contributed by atoms with Crippen LogP contribution in [-0.2, 0) is 9.53 Å². The number of rotatable bonds is 5. The van der Waals surface area contributed by atoms with Crippen molar-refractivity contribution in [2.75, 3.05) is 18.5 Å². The first-order valence-electron chi connectivity index (χ1n) is 11.1. The number of hydrogen-bond donors (Lipinski definition) is 2.